The van der Waals surface area contributed by atoms with Gasteiger partial charge in [0.15, 0.2) is 0 Å². The van der Waals surface area contributed by atoms with E-state index in [0.29, 0.717) is 18.1 Å². The van der Waals surface area contributed by atoms with Crippen LogP contribution in [0, 0.1) is 17.8 Å². The van der Waals surface area contributed by atoms with Gasteiger partial charge in [0.1, 0.15) is 0 Å². The van der Waals surface area contributed by atoms with Gasteiger partial charge in [-0.3, -0.25) is 0 Å². The van der Waals surface area contributed by atoms with Gasteiger partial charge >= 0.3 is 5.97 Å². The highest BCUT2D eigenvalue weighted by atomic mass is 16.5. The smallest absolute Gasteiger partial charge is 0.338 e. The van der Waals surface area contributed by atoms with Crippen LogP contribution in [-0.4, -0.2) is 12.6 Å². The quantitative estimate of drug-likeness (QED) is 0.477. The Hall–Kier alpha value is -1.31. The lowest BCUT2D eigenvalue weighted by molar-refractivity contribution is 0.0505. The van der Waals surface area contributed by atoms with Crippen molar-refractivity contribution in [2.75, 3.05) is 6.61 Å². The van der Waals surface area contributed by atoms with Crippen LogP contribution in [-0.2, 0) is 4.74 Å². The van der Waals surface area contributed by atoms with Crippen molar-refractivity contribution in [2.45, 2.75) is 90.4 Å². The van der Waals surface area contributed by atoms with E-state index in [1.54, 1.807) is 0 Å². The summed E-state index contributed by atoms with van der Waals surface area (Å²) in [4.78, 5) is 12.0. The first kappa shape index (κ1) is 20.4. The zero-order valence-electron chi connectivity index (χ0n) is 17.4. The third-order valence-corrected chi connectivity index (χ3v) is 7.08. The molecule has 2 saturated carbocycles. The van der Waals surface area contributed by atoms with Crippen LogP contribution in [0.2, 0.25) is 0 Å². The third kappa shape index (κ3) is 5.59. The van der Waals surface area contributed by atoms with Crippen LogP contribution < -0.4 is 0 Å². The van der Waals surface area contributed by atoms with Gasteiger partial charge in [-0.25, -0.2) is 4.79 Å². The summed E-state index contributed by atoms with van der Waals surface area (Å²) in [7, 11) is 0. The molecule has 1 aromatic carbocycles. The van der Waals surface area contributed by atoms with E-state index >= 15 is 0 Å². The van der Waals surface area contributed by atoms with Crippen LogP contribution >= 0.6 is 0 Å². The molecule has 2 aliphatic carbocycles. The molecule has 2 nitrogen and oxygen atoms in total. The molecule has 0 atom stereocenters. The highest BCUT2D eigenvalue weighted by molar-refractivity contribution is 5.89. The monoisotopic (exact) mass is 370 g/mol. The molecule has 0 aromatic heterocycles. The Labute approximate surface area is 166 Å². The first-order valence-electron chi connectivity index (χ1n) is 11.5. The van der Waals surface area contributed by atoms with Crippen molar-refractivity contribution < 1.29 is 9.53 Å². The zero-order chi connectivity index (χ0) is 19.1. The molecule has 150 valence electrons. The molecular formula is C25H38O2. The Kier molecular flexibility index (Phi) is 7.79. The zero-order valence-corrected chi connectivity index (χ0v) is 17.4. The fraction of sp³-hybridized carbons (Fsp3) is 0.720. The normalized spacial score (nSPS) is 28.7. The minimum atomic E-state index is -0.189. The Morgan fingerprint density at radius 1 is 0.852 bits per heavy atom. The van der Waals surface area contributed by atoms with Gasteiger partial charge in [-0.1, -0.05) is 51.7 Å². The Morgan fingerprint density at radius 3 is 2.00 bits per heavy atom. The minimum Gasteiger partial charge on any atom is -0.462 e. The third-order valence-electron chi connectivity index (χ3n) is 7.08. The van der Waals surface area contributed by atoms with E-state index in [0.717, 1.165) is 24.2 Å². The van der Waals surface area contributed by atoms with Gasteiger partial charge in [0.05, 0.1) is 12.2 Å². The molecule has 0 N–H and O–H groups in total. The maximum Gasteiger partial charge on any atom is 0.338 e. The SMILES string of the molecule is CCCOC(=O)c1ccc([C@H]2CC[C@H]([C@H]3CC[C@H](CCC)CC3)CC2)cc1. The van der Waals surface area contributed by atoms with E-state index in [1.807, 2.05) is 19.1 Å². The molecule has 27 heavy (non-hydrogen) atoms. The predicted molar refractivity (Wildman–Crippen MR) is 112 cm³/mol. The second-order valence-corrected chi connectivity index (χ2v) is 8.94. The van der Waals surface area contributed by atoms with Gasteiger partial charge in [-0.15, -0.1) is 0 Å². The molecule has 2 heteroatoms. The molecule has 2 fully saturated rings. The molecular weight excluding hydrogens is 332 g/mol. The van der Waals surface area contributed by atoms with E-state index in [2.05, 4.69) is 19.1 Å². The maximum atomic E-state index is 12.0. The largest absolute Gasteiger partial charge is 0.462 e. The highest BCUT2D eigenvalue weighted by Gasteiger charge is 2.31. The van der Waals surface area contributed by atoms with E-state index in [-0.39, 0.29) is 5.97 Å². The molecule has 0 saturated heterocycles. The van der Waals surface area contributed by atoms with E-state index in [4.69, 9.17) is 4.74 Å². The first-order valence-corrected chi connectivity index (χ1v) is 11.5. The summed E-state index contributed by atoms with van der Waals surface area (Å²) >= 11 is 0. The van der Waals surface area contributed by atoms with Gasteiger partial charge in [0, 0.05) is 0 Å². The van der Waals surface area contributed by atoms with Crippen LogP contribution in [0.4, 0.5) is 0 Å². The number of carbonyl (C=O) groups is 1. The molecule has 3 rings (SSSR count). The van der Waals surface area contributed by atoms with Crippen LogP contribution in [0.25, 0.3) is 0 Å². The molecule has 0 aliphatic heterocycles. The summed E-state index contributed by atoms with van der Waals surface area (Å²) in [5.41, 5.74) is 2.09. The van der Waals surface area contributed by atoms with Crippen molar-refractivity contribution >= 4 is 5.97 Å². The fourth-order valence-electron chi connectivity index (χ4n) is 5.45. The molecule has 0 amide bonds. The highest BCUT2D eigenvalue weighted by Crippen LogP contribution is 2.44. The Bertz CT molecular complexity index is 560. The molecule has 0 spiro atoms. The lowest BCUT2D eigenvalue weighted by Gasteiger charge is -2.38. The number of carbonyl (C=O) groups excluding carboxylic acids is 1. The van der Waals surface area contributed by atoms with Crippen molar-refractivity contribution in [3.05, 3.63) is 35.4 Å². The molecule has 1 aromatic rings. The summed E-state index contributed by atoms with van der Waals surface area (Å²) in [5.74, 6) is 3.47. The first-order chi connectivity index (χ1) is 13.2. The van der Waals surface area contributed by atoms with Crippen molar-refractivity contribution in [3.8, 4) is 0 Å². The van der Waals surface area contributed by atoms with Gasteiger partial charge < -0.3 is 4.74 Å². The van der Waals surface area contributed by atoms with Crippen molar-refractivity contribution in [1.82, 2.24) is 0 Å². The number of ether oxygens (including phenoxy) is 1. The Morgan fingerprint density at radius 2 is 1.44 bits per heavy atom. The van der Waals surface area contributed by atoms with Crippen LogP contribution in [0.15, 0.2) is 24.3 Å². The van der Waals surface area contributed by atoms with E-state index < -0.39 is 0 Å². The summed E-state index contributed by atoms with van der Waals surface area (Å²) < 4.78 is 5.23. The lowest BCUT2D eigenvalue weighted by atomic mass is 9.68. The number of benzene rings is 1. The van der Waals surface area contributed by atoms with E-state index in [1.165, 1.54) is 69.8 Å². The van der Waals surface area contributed by atoms with Crippen molar-refractivity contribution in [3.63, 3.8) is 0 Å². The van der Waals surface area contributed by atoms with Crippen LogP contribution in [0.3, 0.4) is 0 Å². The predicted octanol–water partition coefficient (Wildman–Crippen LogP) is 7.13. The summed E-state index contributed by atoms with van der Waals surface area (Å²) in [6, 6.07) is 8.22. The van der Waals surface area contributed by atoms with Crippen molar-refractivity contribution in [2.24, 2.45) is 17.8 Å². The molecule has 0 unspecified atom stereocenters. The van der Waals surface area contributed by atoms with Crippen molar-refractivity contribution in [1.29, 1.82) is 0 Å². The van der Waals surface area contributed by atoms with Crippen LogP contribution in [0.5, 0.6) is 0 Å². The Balaban J connectivity index is 1.46. The second kappa shape index (κ2) is 10.3. The topological polar surface area (TPSA) is 26.3 Å². The summed E-state index contributed by atoms with van der Waals surface area (Å²) in [5, 5.41) is 0. The van der Waals surface area contributed by atoms with Gasteiger partial charge in [-0.2, -0.15) is 0 Å². The second-order valence-electron chi connectivity index (χ2n) is 8.94. The molecule has 0 radical (unpaired) electrons. The standard InChI is InChI=1S/C25H38O2/c1-3-5-19-6-8-20(9-7-19)21-10-12-22(13-11-21)23-14-16-24(17-15-23)25(26)27-18-4-2/h14-17,19-22H,3-13,18H2,1-2H3/t19-,20-,21-,22-. The summed E-state index contributed by atoms with van der Waals surface area (Å²) in [6.45, 7) is 4.85. The van der Waals surface area contributed by atoms with Gasteiger partial charge in [0.25, 0.3) is 0 Å². The number of hydrogen-bond acceptors (Lipinski definition) is 2. The van der Waals surface area contributed by atoms with Crippen LogP contribution in [0.1, 0.15) is 106 Å². The minimum absolute atomic E-state index is 0.189. The maximum absolute atomic E-state index is 12.0. The number of hydrogen-bond donors (Lipinski definition) is 0. The van der Waals surface area contributed by atoms with E-state index in [9.17, 15) is 4.79 Å². The molecule has 0 bridgehead atoms. The number of esters is 1. The molecule has 0 heterocycles. The molecule has 2 aliphatic rings. The van der Waals surface area contributed by atoms with Gasteiger partial charge in [0.2, 0.25) is 0 Å². The average Bonchev–Trinajstić information content (AvgIpc) is 2.73. The fourth-order valence-corrected chi connectivity index (χ4v) is 5.45. The van der Waals surface area contributed by atoms with Gasteiger partial charge in [-0.05, 0) is 86.3 Å². The number of rotatable bonds is 7. The average molecular weight is 371 g/mol. The summed E-state index contributed by atoms with van der Waals surface area (Å²) in [6.07, 6.45) is 15.0. The lowest BCUT2D eigenvalue weighted by Crippen LogP contribution is -2.25.